The molecule has 1 aliphatic rings. The first-order valence-electron chi connectivity index (χ1n) is 8.01. The third-order valence-electron chi connectivity index (χ3n) is 4.15. The van der Waals surface area contributed by atoms with Crippen molar-refractivity contribution in [3.63, 3.8) is 0 Å². The largest absolute Gasteiger partial charge is 0.463 e. The molecule has 1 aliphatic heterocycles. The molecular weight excluding hydrogens is 306 g/mol. The zero-order chi connectivity index (χ0) is 17.2. The van der Waals surface area contributed by atoms with E-state index in [9.17, 15) is 5.11 Å². The number of nitrogens with zero attached hydrogens (tertiary/aromatic N) is 3. The Morgan fingerprint density at radius 1 is 1.33 bits per heavy atom. The predicted octanol–water partition coefficient (Wildman–Crippen LogP) is 2.40. The van der Waals surface area contributed by atoms with Crippen LogP contribution in [0.2, 0.25) is 0 Å². The van der Waals surface area contributed by atoms with Crippen molar-refractivity contribution < 1.29 is 14.6 Å². The van der Waals surface area contributed by atoms with Gasteiger partial charge in [0.1, 0.15) is 5.69 Å². The lowest BCUT2D eigenvalue weighted by Crippen LogP contribution is -2.30. The second-order valence-electron chi connectivity index (χ2n) is 6.42. The zero-order valence-corrected chi connectivity index (χ0v) is 14.3. The number of hydrogen-bond donors (Lipinski definition) is 1. The summed E-state index contributed by atoms with van der Waals surface area (Å²) in [6.07, 6.45) is 4.20. The second-order valence-corrected chi connectivity index (χ2v) is 6.42. The van der Waals surface area contributed by atoms with E-state index in [2.05, 4.69) is 14.9 Å². The van der Waals surface area contributed by atoms with Crippen LogP contribution in [0.4, 0.5) is 5.69 Å². The highest BCUT2D eigenvalue weighted by Crippen LogP contribution is 2.40. The highest BCUT2D eigenvalue weighted by atomic mass is 16.7. The molecule has 1 atom stereocenters. The van der Waals surface area contributed by atoms with Crippen molar-refractivity contribution >= 4 is 5.69 Å². The Kier molecular flexibility index (Phi) is 4.69. The van der Waals surface area contributed by atoms with Gasteiger partial charge in [-0.1, -0.05) is 0 Å². The van der Waals surface area contributed by atoms with Crippen LogP contribution in [0.15, 0.2) is 30.6 Å². The Labute approximate surface area is 142 Å². The average Bonchev–Trinajstić information content (AvgIpc) is 2.93. The lowest BCUT2D eigenvalue weighted by atomic mass is 10.1. The van der Waals surface area contributed by atoms with Crippen LogP contribution in [0.3, 0.4) is 0 Å². The van der Waals surface area contributed by atoms with Crippen molar-refractivity contribution in [2.45, 2.75) is 25.9 Å². The molecule has 0 aromatic carbocycles. The second kappa shape index (κ2) is 6.75. The van der Waals surface area contributed by atoms with Gasteiger partial charge < -0.3 is 19.5 Å². The Morgan fingerprint density at radius 2 is 2.08 bits per heavy atom. The summed E-state index contributed by atoms with van der Waals surface area (Å²) < 4.78 is 11.0. The van der Waals surface area contributed by atoms with E-state index < -0.39 is 5.60 Å². The normalized spacial score (nSPS) is 20.4. The minimum absolute atomic E-state index is 0.139. The molecule has 0 saturated carbocycles. The molecule has 2 aromatic rings. The van der Waals surface area contributed by atoms with Crippen LogP contribution in [0.5, 0.6) is 5.75 Å². The van der Waals surface area contributed by atoms with Crippen LogP contribution in [0, 0.1) is 6.92 Å². The molecule has 6 nitrogen and oxygen atoms in total. The number of methoxy groups -OCH3 is 1. The SMILES string of the molecule is COCOc1c(N2CCC(C)(O)C2)cc(C)nc1-c1ccncc1. The third kappa shape index (κ3) is 3.49. The van der Waals surface area contributed by atoms with Gasteiger partial charge in [0, 0.05) is 43.9 Å². The summed E-state index contributed by atoms with van der Waals surface area (Å²) >= 11 is 0. The van der Waals surface area contributed by atoms with Gasteiger partial charge in [-0.15, -0.1) is 0 Å². The zero-order valence-electron chi connectivity index (χ0n) is 14.3. The highest BCUT2D eigenvalue weighted by molar-refractivity contribution is 5.76. The Bertz CT molecular complexity index is 704. The molecule has 0 aliphatic carbocycles. The van der Waals surface area contributed by atoms with E-state index >= 15 is 0 Å². The van der Waals surface area contributed by atoms with Crippen LogP contribution in [0.25, 0.3) is 11.3 Å². The van der Waals surface area contributed by atoms with E-state index in [-0.39, 0.29) is 6.79 Å². The van der Waals surface area contributed by atoms with Crippen molar-refractivity contribution in [2.75, 3.05) is 31.9 Å². The monoisotopic (exact) mass is 329 g/mol. The van der Waals surface area contributed by atoms with Crippen molar-refractivity contribution in [1.82, 2.24) is 9.97 Å². The Morgan fingerprint density at radius 3 is 2.71 bits per heavy atom. The van der Waals surface area contributed by atoms with E-state index in [1.807, 2.05) is 32.0 Å². The first-order valence-corrected chi connectivity index (χ1v) is 8.01. The Balaban J connectivity index is 2.09. The number of β-amino-alcohol motifs (C(OH)–C–C–N with tert-alkyl or cyclic N) is 1. The van der Waals surface area contributed by atoms with Gasteiger partial charge >= 0.3 is 0 Å². The predicted molar refractivity (Wildman–Crippen MR) is 92.2 cm³/mol. The van der Waals surface area contributed by atoms with E-state index in [1.54, 1.807) is 19.5 Å². The fourth-order valence-electron chi connectivity index (χ4n) is 3.00. The molecule has 0 bridgehead atoms. The van der Waals surface area contributed by atoms with E-state index in [0.717, 1.165) is 35.6 Å². The Hall–Kier alpha value is -2.18. The summed E-state index contributed by atoms with van der Waals surface area (Å²) in [5.74, 6) is 0.673. The minimum atomic E-state index is -0.688. The average molecular weight is 329 g/mol. The van der Waals surface area contributed by atoms with Crippen molar-refractivity contribution in [1.29, 1.82) is 0 Å². The number of aliphatic hydroxyl groups is 1. The summed E-state index contributed by atoms with van der Waals surface area (Å²) in [7, 11) is 1.59. The third-order valence-corrected chi connectivity index (χ3v) is 4.15. The lowest BCUT2D eigenvalue weighted by molar-refractivity contribution is 0.0515. The summed E-state index contributed by atoms with van der Waals surface area (Å²) in [4.78, 5) is 10.9. The van der Waals surface area contributed by atoms with Gasteiger partial charge in [0.25, 0.3) is 0 Å². The van der Waals surface area contributed by atoms with Crippen LogP contribution in [0.1, 0.15) is 19.0 Å². The molecule has 128 valence electrons. The minimum Gasteiger partial charge on any atom is -0.463 e. The van der Waals surface area contributed by atoms with E-state index in [1.165, 1.54) is 0 Å². The van der Waals surface area contributed by atoms with Gasteiger partial charge in [0.2, 0.25) is 0 Å². The number of anilines is 1. The maximum Gasteiger partial charge on any atom is 0.188 e. The molecule has 2 aromatic heterocycles. The first kappa shape index (κ1) is 16.7. The molecule has 1 saturated heterocycles. The van der Waals surface area contributed by atoms with Crippen LogP contribution < -0.4 is 9.64 Å². The molecule has 1 fully saturated rings. The smallest absolute Gasteiger partial charge is 0.188 e. The summed E-state index contributed by atoms with van der Waals surface area (Å²) in [6, 6.07) is 5.81. The summed E-state index contributed by atoms with van der Waals surface area (Å²) in [5.41, 5.74) is 2.84. The van der Waals surface area contributed by atoms with Crippen LogP contribution in [-0.4, -0.2) is 47.7 Å². The molecular formula is C18H23N3O3. The van der Waals surface area contributed by atoms with Crippen molar-refractivity contribution in [3.05, 3.63) is 36.3 Å². The van der Waals surface area contributed by atoms with Gasteiger partial charge in [0.15, 0.2) is 12.5 Å². The quantitative estimate of drug-likeness (QED) is 0.850. The van der Waals surface area contributed by atoms with Gasteiger partial charge in [0.05, 0.1) is 11.3 Å². The molecule has 24 heavy (non-hydrogen) atoms. The fraction of sp³-hybridized carbons (Fsp3) is 0.444. The van der Waals surface area contributed by atoms with Gasteiger partial charge in [-0.25, -0.2) is 4.98 Å². The van der Waals surface area contributed by atoms with Gasteiger partial charge in [-0.05, 0) is 38.5 Å². The topological polar surface area (TPSA) is 67.7 Å². The van der Waals surface area contributed by atoms with Crippen LogP contribution in [-0.2, 0) is 4.74 Å². The maximum absolute atomic E-state index is 10.3. The highest BCUT2D eigenvalue weighted by Gasteiger charge is 2.33. The molecule has 1 unspecified atom stereocenters. The number of aryl methyl sites for hydroxylation is 1. The fourth-order valence-corrected chi connectivity index (χ4v) is 3.00. The maximum atomic E-state index is 10.3. The number of aromatic nitrogens is 2. The van der Waals surface area contributed by atoms with Crippen molar-refractivity contribution in [3.8, 4) is 17.0 Å². The van der Waals surface area contributed by atoms with Gasteiger partial charge in [-0.2, -0.15) is 0 Å². The number of ether oxygens (including phenoxy) is 2. The van der Waals surface area contributed by atoms with E-state index in [4.69, 9.17) is 9.47 Å². The number of hydrogen-bond acceptors (Lipinski definition) is 6. The molecule has 6 heteroatoms. The molecule has 3 rings (SSSR count). The molecule has 3 heterocycles. The molecule has 0 amide bonds. The van der Waals surface area contributed by atoms with E-state index in [0.29, 0.717) is 12.3 Å². The molecule has 1 N–H and O–H groups in total. The standard InChI is InChI=1S/C18H23N3O3/c1-13-10-15(21-9-6-18(2,22)11-21)17(24-12-23-3)16(20-13)14-4-7-19-8-5-14/h4-5,7-8,10,22H,6,9,11-12H2,1-3H3. The summed E-state index contributed by atoms with van der Waals surface area (Å²) in [5, 5.41) is 10.3. The first-order chi connectivity index (χ1) is 11.5. The lowest BCUT2D eigenvalue weighted by Gasteiger charge is -2.25. The van der Waals surface area contributed by atoms with Crippen LogP contribution >= 0.6 is 0 Å². The summed E-state index contributed by atoms with van der Waals surface area (Å²) in [6.45, 7) is 5.30. The number of pyridine rings is 2. The van der Waals surface area contributed by atoms with Crippen molar-refractivity contribution in [2.24, 2.45) is 0 Å². The number of rotatable bonds is 5. The molecule has 0 radical (unpaired) electrons. The molecule has 0 spiro atoms. The van der Waals surface area contributed by atoms with Gasteiger partial charge in [-0.3, -0.25) is 4.98 Å².